The van der Waals surface area contributed by atoms with Gasteiger partial charge in [0.05, 0.1) is 17.9 Å². The second kappa shape index (κ2) is 7.14. The number of nitrogens with zero attached hydrogens (tertiary/aromatic N) is 2. The number of amides is 1. The summed E-state index contributed by atoms with van der Waals surface area (Å²) in [5, 5.41) is 2.73. The first-order chi connectivity index (χ1) is 10.1. The third-order valence-corrected chi connectivity index (χ3v) is 3.41. The van der Waals surface area contributed by atoms with Crippen LogP contribution in [0.2, 0.25) is 0 Å². The van der Waals surface area contributed by atoms with E-state index >= 15 is 0 Å². The maximum Gasteiger partial charge on any atom is 0.258 e. The fourth-order valence-electron chi connectivity index (χ4n) is 1.72. The van der Waals surface area contributed by atoms with Crippen molar-refractivity contribution in [2.75, 3.05) is 19.0 Å². The molecular formula is C14H14BrN3O3. The lowest BCUT2D eigenvalue weighted by molar-refractivity contribution is 0.102. The average molecular weight is 352 g/mol. The first-order valence-electron chi connectivity index (χ1n) is 6.23. The first kappa shape index (κ1) is 15.4. The number of ether oxygens (including phenoxy) is 1. The molecule has 0 aliphatic carbocycles. The molecular weight excluding hydrogens is 338 g/mol. The molecule has 2 rings (SSSR count). The largest absolute Gasteiger partial charge is 0.383 e. The number of hydrogen-bond acceptors (Lipinski definition) is 4. The molecule has 0 radical (unpaired) electrons. The van der Waals surface area contributed by atoms with E-state index in [9.17, 15) is 9.59 Å². The van der Waals surface area contributed by atoms with Crippen LogP contribution < -0.4 is 10.9 Å². The summed E-state index contributed by atoms with van der Waals surface area (Å²) in [4.78, 5) is 27.8. The molecule has 1 amide bonds. The summed E-state index contributed by atoms with van der Waals surface area (Å²) in [5.41, 5.74) is 0.811. The van der Waals surface area contributed by atoms with Crippen molar-refractivity contribution >= 4 is 27.5 Å². The van der Waals surface area contributed by atoms with Gasteiger partial charge in [-0.1, -0.05) is 0 Å². The third-order valence-electron chi connectivity index (χ3n) is 2.78. The van der Waals surface area contributed by atoms with E-state index in [0.717, 1.165) is 0 Å². The number of rotatable bonds is 5. The molecule has 2 heterocycles. The van der Waals surface area contributed by atoms with Gasteiger partial charge in [0.1, 0.15) is 4.60 Å². The second-order valence-electron chi connectivity index (χ2n) is 4.24. The van der Waals surface area contributed by atoms with Gasteiger partial charge in [0.15, 0.2) is 0 Å². The molecule has 110 valence electrons. The van der Waals surface area contributed by atoms with Crippen molar-refractivity contribution in [3.05, 3.63) is 57.2 Å². The number of hydrogen-bond donors (Lipinski definition) is 1. The molecule has 7 heteroatoms. The zero-order valence-electron chi connectivity index (χ0n) is 11.4. The molecule has 0 aliphatic rings. The van der Waals surface area contributed by atoms with E-state index in [1.807, 2.05) is 0 Å². The number of pyridine rings is 2. The molecule has 0 spiro atoms. The standard InChI is InChI=1S/C14H14BrN3O3/c1-21-8-7-18-9-10(4-5-12(18)19)17-14(20)11-3-2-6-16-13(11)15/h2-6,9H,7-8H2,1H3,(H,17,20). The first-order valence-corrected chi connectivity index (χ1v) is 7.02. The number of halogens is 1. The molecule has 0 fully saturated rings. The van der Waals surface area contributed by atoms with Crippen molar-refractivity contribution in [1.82, 2.24) is 9.55 Å². The molecule has 0 aromatic carbocycles. The topological polar surface area (TPSA) is 73.2 Å². The van der Waals surface area contributed by atoms with Gasteiger partial charge >= 0.3 is 0 Å². The molecule has 0 bridgehead atoms. The fraction of sp³-hybridized carbons (Fsp3) is 0.214. The lowest BCUT2D eigenvalue weighted by Gasteiger charge is -2.09. The minimum atomic E-state index is -0.299. The van der Waals surface area contributed by atoms with E-state index in [2.05, 4.69) is 26.2 Å². The quantitative estimate of drug-likeness (QED) is 0.835. The zero-order chi connectivity index (χ0) is 15.2. The number of carbonyl (C=O) groups is 1. The van der Waals surface area contributed by atoms with Crippen LogP contribution in [0.25, 0.3) is 0 Å². The Labute approximate surface area is 129 Å². The molecule has 0 atom stereocenters. The summed E-state index contributed by atoms with van der Waals surface area (Å²) in [5.74, 6) is -0.299. The summed E-state index contributed by atoms with van der Waals surface area (Å²) in [6.45, 7) is 0.848. The van der Waals surface area contributed by atoms with Gasteiger partial charge in [0.25, 0.3) is 11.5 Å². The molecule has 0 aliphatic heterocycles. The molecule has 0 unspecified atom stereocenters. The Balaban J connectivity index is 2.18. The monoisotopic (exact) mass is 351 g/mol. The maximum absolute atomic E-state index is 12.2. The van der Waals surface area contributed by atoms with Crippen molar-refractivity contribution in [3.63, 3.8) is 0 Å². The van der Waals surface area contributed by atoms with E-state index in [1.54, 1.807) is 37.7 Å². The average Bonchev–Trinajstić information content (AvgIpc) is 2.48. The Kier molecular flexibility index (Phi) is 5.24. The van der Waals surface area contributed by atoms with Gasteiger partial charge in [0.2, 0.25) is 0 Å². The SMILES string of the molecule is COCCn1cc(NC(=O)c2cccnc2Br)ccc1=O. The van der Waals surface area contributed by atoms with Gasteiger partial charge < -0.3 is 14.6 Å². The minimum absolute atomic E-state index is 0.146. The van der Waals surface area contributed by atoms with E-state index in [1.165, 1.54) is 10.6 Å². The second-order valence-corrected chi connectivity index (χ2v) is 4.99. The number of anilines is 1. The highest BCUT2D eigenvalue weighted by Crippen LogP contribution is 2.14. The Hall–Kier alpha value is -1.99. The van der Waals surface area contributed by atoms with E-state index in [4.69, 9.17) is 4.74 Å². The van der Waals surface area contributed by atoms with Crippen LogP contribution in [0.3, 0.4) is 0 Å². The van der Waals surface area contributed by atoms with Crippen molar-refractivity contribution < 1.29 is 9.53 Å². The molecule has 0 saturated heterocycles. The van der Waals surface area contributed by atoms with Crippen LogP contribution in [0.5, 0.6) is 0 Å². The minimum Gasteiger partial charge on any atom is -0.383 e. The van der Waals surface area contributed by atoms with Gasteiger partial charge in [-0.3, -0.25) is 9.59 Å². The summed E-state index contributed by atoms with van der Waals surface area (Å²) < 4.78 is 6.90. The Bertz CT molecular complexity index is 700. The van der Waals surface area contributed by atoms with Crippen LogP contribution in [0, 0.1) is 0 Å². The Morgan fingerprint density at radius 3 is 2.95 bits per heavy atom. The van der Waals surface area contributed by atoms with Crippen molar-refractivity contribution in [1.29, 1.82) is 0 Å². The van der Waals surface area contributed by atoms with Gasteiger partial charge in [-0.05, 0) is 34.1 Å². The molecule has 0 saturated carbocycles. The van der Waals surface area contributed by atoms with Crippen LogP contribution >= 0.6 is 15.9 Å². The molecule has 2 aromatic rings. The third kappa shape index (κ3) is 3.99. The Morgan fingerprint density at radius 2 is 2.24 bits per heavy atom. The number of aromatic nitrogens is 2. The van der Waals surface area contributed by atoms with Crippen LogP contribution in [0.15, 0.2) is 46.1 Å². The molecule has 6 nitrogen and oxygen atoms in total. The van der Waals surface area contributed by atoms with Gasteiger partial charge in [0, 0.05) is 32.1 Å². The smallest absolute Gasteiger partial charge is 0.258 e. The number of nitrogens with one attached hydrogen (secondary N) is 1. The normalized spacial score (nSPS) is 10.4. The number of methoxy groups -OCH3 is 1. The lowest BCUT2D eigenvalue weighted by atomic mass is 10.2. The van der Waals surface area contributed by atoms with Crippen LogP contribution in [-0.4, -0.2) is 29.2 Å². The van der Waals surface area contributed by atoms with Crippen molar-refractivity contribution in [2.45, 2.75) is 6.54 Å². The number of carbonyl (C=O) groups excluding carboxylic acids is 1. The van der Waals surface area contributed by atoms with Gasteiger partial charge in [-0.2, -0.15) is 0 Å². The summed E-state index contributed by atoms with van der Waals surface area (Å²) >= 11 is 3.23. The maximum atomic E-state index is 12.2. The van der Waals surface area contributed by atoms with E-state index in [-0.39, 0.29) is 11.5 Å². The van der Waals surface area contributed by atoms with Crippen molar-refractivity contribution in [2.24, 2.45) is 0 Å². The highest BCUT2D eigenvalue weighted by atomic mass is 79.9. The Morgan fingerprint density at radius 1 is 1.43 bits per heavy atom. The fourth-order valence-corrected chi connectivity index (χ4v) is 2.15. The molecule has 21 heavy (non-hydrogen) atoms. The predicted molar refractivity (Wildman–Crippen MR) is 82.5 cm³/mol. The van der Waals surface area contributed by atoms with E-state index in [0.29, 0.717) is 29.0 Å². The van der Waals surface area contributed by atoms with Crippen LogP contribution in [-0.2, 0) is 11.3 Å². The summed E-state index contributed by atoms with van der Waals surface area (Å²) in [6.07, 6.45) is 3.18. The lowest BCUT2D eigenvalue weighted by Crippen LogP contribution is -2.22. The van der Waals surface area contributed by atoms with Gasteiger partial charge in [-0.25, -0.2) is 4.98 Å². The molecule has 1 N–H and O–H groups in total. The van der Waals surface area contributed by atoms with Crippen LogP contribution in [0.4, 0.5) is 5.69 Å². The van der Waals surface area contributed by atoms with Crippen molar-refractivity contribution in [3.8, 4) is 0 Å². The zero-order valence-corrected chi connectivity index (χ0v) is 13.0. The predicted octanol–water partition coefficient (Wildman–Crippen LogP) is 1.90. The summed E-state index contributed by atoms with van der Waals surface area (Å²) in [6, 6.07) is 6.31. The highest BCUT2D eigenvalue weighted by Gasteiger charge is 2.11. The van der Waals surface area contributed by atoms with Crippen LogP contribution in [0.1, 0.15) is 10.4 Å². The van der Waals surface area contributed by atoms with Gasteiger partial charge in [-0.15, -0.1) is 0 Å². The highest BCUT2D eigenvalue weighted by molar-refractivity contribution is 9.10. The summed E-state index contributed by atoms with van der Waals surface area (Å²) in [7, 11) is 1.57. The van der Waals surface area contributed by atoms with E-state index < -0.39 is 0 Å². The molecule has 2 aromatic heterocycles.